The molecular weight excluding hydrogens is 410 g/mol. The van der Waals surface area contributed by atoms with Crippen molar-refractivity contribution < 1.29 is 19.1 Å². The predicted octanol–water partition coefficient (Wildman–Crippen LogP) is 4.95. The molecule has 1 amide bonds. The molecule has 0 saturated carbocycles. The number of hydrogen-bond donors (Lipinski definition) is 0. The van der Waals surface area contributed by atoms with Gasteiger partial charge in [-0.1, -0.05) is 43.1 Å². The maximum Gasteiger partial charge on any atom is 0.329 e. The number of benzene rings is 2. The SMILES string of the molecule is CCCCOC(=O)C1CSC(c2ccccc2Cl)N1C(=O)c1ccc(OC)cc1. The Morgan fingerprint density at radius 3 is 2.55 bits per heavy atom. The van der Waals surface area contributed by atoms with Gasteiger partial charge in [0.1, 0.15) is 17.2 Å². The highest BCUT2D eigenvalue weighted by Crippen LogP contribution is 2.44. The number of amides is 1. The summed E-state index contributed by atoms with van der Waals surface area (Å²) < 4.78 is 10.6. The van der Waals surface area contributed by atoms with Crippen LogP contribution < -0.4 is 4.74 Å². The molecule has 1 heterocycles. The Kier molecular flexibility index (Phi) is 7.45. The lowest BCUT2D eigenvalue weighted by molar-refractivity contribution is -0.148. The summed E-state index contributed by atoms with van der Waals surface area (Å²) in [5, 5.41) is 0.208. The zero-order chi connectivity index (χ0) is 20.8. The summed E-state index contributed by atoms with van der Waals surface area (Å²) >= 11 is 7.92. The van der Waals surface area contributed by atoms with Crippen molar-refractivity contribution in [1.82, 2.24) is 4.90 Å². The molecular formula is C22H24ClNO4S. The lowest BCUT2D eigenvalue weighted by atomic mass is 10.1. The van der Waals surface area contributed by atoms with E-state index in [1.165, 1.54) is 11.8 Å². The van der Waals surface area contributed by atoms with Crippen molar-refractivity contribution in [3.63, 3.8) is 0 Å². The molecule has 2 unspecified atom stereocenters. The predicted molar refractivity (Wildman–Crippen MR) is 115 cm³/mol. The summed E-state index contributed by atoms with van der Waals surface area (Å²) in [7, 11) is 1.57. The number of carbonyl (C=O) groups is 2. The molecule has 5 nitrogen and oxygen atoms in total. The van der Waals surface area contributed by atoms with Crippen molar-refractivity contribution >= 4 is 35.2 Å². The first-order chi connectivity index (χ1) is 14.1. The molecule has 1 aliphatic rings. The number of hydrogen-bond acceptors (Lipinski definition) is 5. The Bertz CT molecular complexity index is 858. The number of rotatable bonds is 7. The fraction of sp³-hybridized carbons (Fsp3) is 0.364. The zero-order valence-electron chi connectivity index (χ0n) is 16.5. The molecule has 0 spiro atoms. The van der Waals surface area contributed by atoms with E-state index in [4.69, 9.17) is 21.1 Å². The normalized spacial score (nSPS) is 18.5. The van der Waals surface area contributed by atoms with Gasteiger partial charge < -0.3 is 14.4 Å². The maximum absolute atomic E-state index is 13.4. The summed E-state index contributed by atoms with van der Waals surface area (Å²) in [6.45, 7) is 2.39. The van der Waals surface area contributed by atoms with Crippen LogP contribution in [-0.2, 0) is 9.53 Å². The van der Waals surface area contributed by atoms with Crippen LogP contribution in [0, 0.1) is 0 Å². The Labute approximate surface area is 180 Å². The van der Waals surface area contributed by atoms with E-state index in [9.17, 15) is 9.59 Å². The highest BCUT2D eigenvalue weighted by atomic mass is 35.5. The van der Waals surface area contributed by atoms with Crippen LogP contribution in [0.2, 0.25) is 5.02 Å². The first-order valence-electron chi connectivity index (χ1n) is 9.56. The van der Waals surface area contributed by atoms with Crippen LogP contribution in [0.1, 0.15) is 41.1 Å². The second kappa shape index (κ2) is 10.0. The molecule has 29 heavy (non-hydrogen) atoms. The molecule has 154 valence electrons. The standard InChI is InChI=1S/C22H24ClNO4S/c1-3-4-13-28-22(26)19-14-29-21(17-7-5-6-8-18(17)23)24(19)20(25)15-9-11-16(27-2)12-10-15/h5-12,19,21H,3-4,13-14H2,1-2H3. The Balaban J connectivity index is 1.91. The van der Waals surface area contributed by atoms with Gasteiger partial charge in [0, 0.05) is 21.9 Å². The maximum atomic E-state index is 13.4. The molecule has 1 saturated heterocycles. The number of thioether (sulfide) groups is 1. The quantitative estimate of drug-likeness (QED) is 0.457. The average Bonchev–Trinajstić information content (AvgIpc) is 3.18. The fourth-order valence-electron chi connectivity index (χ4n) is 3.15. The van der Waals surface area contributed by atoms with Gasteiger partial charge in [-0.2, -0.15) is 0 Å². The van der Waals surface area contributed by atoms with Gasteiger partial charge in [-0.25, -0.2) is 4.79 Å². The van der Waals surface area contributed by atoms with E-state index in [0.29, 0.717) is 28.7 Å². The summed E-state index contributed by atoms with van der Waals surface area (Å²) in [5.74, 6) is 0.515. The fourth-order valence-corrected chi connectivity index (χ4v) is 4.90. The van der Waals surface area contributed by atoms with E-state index in [2.05, 4.69) is 0 Å². The van der Waals surface area contributed by atoms with Gasteiger partial charge in [-0.15, -0.1) is 11.8 Å². The number of unbranched alkanes of at least 4 members (excludes halogenated alkanes) is 1. The molecule has 3 rings (SSSR count). The first-order valence-corrected chi connectivity index (χ1v) is 11.0. The van der Waals surface area contributed by atoms with Crippen LogP contribution >= 0.6 is 23.4 Å². The van der Waals surface area contributed by atoms with Crippen molar-refractivity contribution in [3.8, 4) is 5.75 Å². The molecule has 0 N–H and O–H groups in total. The third kappa shape index (κ3) is 4.87. The van der Waals surface area contributed by atoms with Crippen LogP contribution in [0.4, 0.5) is 0 Å². The van der Waals surface area contributed by atoms with Gasteiger partial charge in [-0.05, 0) is 36.8 Å². The van der Waals surface area contributed by atoms with E-state index in [1.807, 2.05) is 25.1 Å². The summed E-state index contributed by atoms with van der Waals surface area (Å²) in [5.41, 5.74) is 1.29. The van der Waals surface area contributed by atoms with Crippen LogP contribution in [0.25, 0.3) is 0 Å². The molecule has 0 radical (unpaired) electrons. The number of nitrogens with zero attached hydrogens (tertiary/aromatic N) is 1. The number of ether oxygens (including phenoxy) is 2. The van der Waals surface area contributed by atoms with E-state index < -0.39 is 6.04 Å². The van der Waals surface area contributed by atoms with Crippen molar-refractivity contribution in [3.05, 3.63) is 64.7 Å². The molecule has 7 heteroatoms. The lowest BCUT2D eigenvalue weighted by Gasteiger charge is -2.29. The molecule has 2 atom stereocenters. The molecule has 0 aliphatic carbocycles. The summed E-state index contributed by atoms with van der Waals surface area (Å²) in [4.78, 5) is 27.8. The molecule has 2 aromatic rings. The van der Waals surface area contributed by atoms with Crippen molar-refractivity contribution in [2.75, 3.05) is 19.5 Å². The van der Waals surface area contributed by atoms with Crippen molar-refractivity contribution in [1.29, 1.82) is 0 Å². The lowest BCUT2D eigenvalue weighted by Crippen LogP contribution is -2.44. The first kappa shape index (κ1) is 21.5. The molecule has 0 bridgehead atoms. The van der Waals surface area contributed by atoms with Crippen molar-refractivity contribution in [2.45, 2.75) is 31.2 Å². The van der Waals surface area contributed by atoms with Crippen LogP contribution in [0.15, 0.2) is 48.5 Å². The number of methoxy groups -OCH3 is 1. The van der Waals surface area contributed by atoms with Gasteiger partial charge >= 0.3 is 5.97 Å². The number of esters is 1. The highest BCUT2D eigenvalue weighted by molar-refractivity contribution is 7.99. The van der Waals surface area contributed by atoms with E-state index in [-0.39, 0.29) is 17.3 Å². The van der Waals surface area contributed by atoms with E-state index >= 15 is 0 Å². The smallest absolute Gasteiger partial charge is 0.329 e. The number of halogens is 1. The van der Waals surface area contributed by atoms with Gasteiger partial charge in [0.2, 0.25) is 0 Å². The van der Waals surface area contributed by atoms with E-state index in [1.54, 1.807) is 42.3 Å². The Morgan fingerprint density at radius 1 is 1.17 bits per heavy atom. The molecule has 1 fully saturated rings. The van der Waals surface area contributed by atoms with Gasteiger partial charge in [-0.3, -0.25) is 4.79 Å². The number of carbonyl (C=O) groups excluding carboxylic acids is 2. The Morgan fingerprint density at radius 2 is 1.90 bits per heavy atom. The monoisotopic (exact) mass is 433 g/mol. The van der Waals surface area contributed by atoms with Crippen molar-refractivity contribution in [2.24, 2.45) is 0 Å². The van der Waals surface area contributed by atoms with Gasteiger partial charge in [0.05, 0.1) is 13.7 Å². The average molecular weight is 434 g/mol. The third-order valence-electron chi connectivity index (χ3n) is 4.76. The minimum Gasteiger partial charge on any atom is -0.497 e. The topological polar surface area (TPSA) is 55.8 Å². The zero-order valence-corrected chi connectivity index (χ0v) is 18.0. The minimum atomic E-state index is -0.660. The second-order valence-corrected chi connectivity index (χ2v) is 8.21. The molecule has 1 aliphatic heterocycles. The molecule has 0 aromatic heterocycles. The minimum absolute atomic E-state index is 0.236. The second-order valence-electron chi connectivity index (χ2n) is 6.68. The van der Waals surface area contributed by atoms with Gasteiger partial charge in [0.25, 0.3) is 5.91 Å². The van der Waals surface area contributed by atoms with Gasteiger partial charge in [0.15, 0.2) is 0 Å². The summed E-state index contributed by atoms with van der Waals surface area (Å²) in [6, 6.07) is 13.6. The van der Waals surface area contributed by atoms with E-state index in [0.717, 1.165) is 18.4 Å². The van der Waals surface area contributed by atoms with Crippen LogP contribution in [0.3, 0.4) is 0 Å². The van der Waals surface area contributed by atoms with Crippen LogP contribution in [0.5, 0.6) is 5.75 Å². The largest absolute Gasteiger partial charge is 0.497 e. The molecule has 2 aromatic carbocycles. The van der Waals surface area contributed by atoms with Crippen LogP contribution in [-0.4, -0.2) is 42.3 Å². The Hall–Kier alpha value is -2.18. The third-order valence-corrected chi connectivity index (χ3v) is 6.41. The summed E-state index contributed by atoms with van der Waals surface area (Å²) in [6.07, 6.45) is 1.73. The highest BCUT2D eigenvalue weighted by Gasteiger charge is 2.44.